The number of carbonyl (C=O) groups excluding carboxylic acids is 1. The fourth-order valence-electron chi connectivity index (χ4n) is 2.21. The van der Waals surface area contributed by atoms with Gasteiger partial charge in [0, 0.05) is 18.5 Å². The molecule has 0 saturated heterocycles. The Morgan fingerprint density at radius 2 is 2.09 bits per heavy atom. The fourth-order valence-corrected chi connectivity index (χ4v) is 2.21. The van der Waals surface area contributed by atoms with Crippen molar-refractivity contribution in [2.75, 3.05) is 6.61 Å². The molecule has 0 aliphatic rings. The number of pyridine rings is 1. The number of hydrogen-bond donors (Lipinski definition) is 2. The van der Waals surface area contributed by atoms with Crippen LogP contribution in [0.4, 0.5) is 0 Å². The van der Waals surface area contributed by atoms with Crippen molar-refractivity contribution < 1.29 is 24.2 Å². The van der Waals surface area contributed by atoms with Crippen LogP contribution in [0.15, 0.2) is 39.8 Å². The number of carbonyl (C=O) groups is 1. The van der Waals surface area contributed by atoms with Gasteiger partial charge in [-0.2, -0.15) is 0 Å². The van der Waals surface area contributed by atoms with Gasteiger partial charge in [-0.1, -0.05) is 0 Å². The third kappa shape index (κ3) is 3.95. The van der Waals surface area contributed by atoms with Crippen molar-refractivity contribution in [1.29, 1.82) is 0 Å². The summed E-state index contributed by atoms with van der Waals surface area (Å²) in [6.45, 7) is 1.41. The number of nitrogens with zero attached hydrogens (tertiary/aromatic N) is 1. The average Bonchev–Trinajstić information content (AvgIpc) is 2.56. The second-order valence-corrected chi connectivity index (χ2v) is 4.79. The molecule has 0 spiro atoms. The third-order valence-electron chi connectivity index (χ3n) is 3.26. The van der Waals surface area contributed by atoms with Gasteiger partial charge in [0.05, 0.1) is 18.9 Å². The van der Waals surface area contributed by atoms with Gasteiger partial charge in [0.25, 0.3) is 0 Å². The molecule has 2 rings (SSSR count). The summed E-state index contributed by atoms with van der Waals surface area (Å²) in [6.07, 6.45) is 2.93. The molecule has 0 radical (unpaired) electrons. The van der Waals surface area contributed by atoms with Gasteiger partial charge in [0.1, 0.15) is 12.4 Å². The predicted molar refractivity (Wildman–Crippen MR) is 79.9 cm³/mol. The number of hydrogen-bond acceptors (Lipinski definition) is 7. The Morgan fingerprint density at radius 3 is 2.70 bits per heavy atom. The number of aromatic nitrogens is 1. The maximum atomic E-state index is 11.9. The van der Waals surface area contributed by atoms with Crippen LogP contribution in [0.3, 0.4) is 0 Å². The molecule has 122 valence electrons. The first kappa shape index (κ1) is 16.7. The predicted octanol–water partition coefficient (Wildman–Crippen LogP) is 1.32. The van der Waals surface area contributed by atoms with Crippen LogP contribution in [0.5, 0.6) is 5.75 Å². The van der Waals surface area contributed by atoms with E-state index < -0.39 is 29.7 Å². The van der Waals surface area contributed by atoms with Gasteiger partial charge < -0.3 is 19.4 Å². The highest BCUT2D eigenvalue weighted by Crippen LogP contribution is 2.33. The SMILES string of the molecule is CCOC(=O)C[C@H](c1ccncc1)c1oc(CO)cc(=O)c1O. The molecule has 7 nitrogen and oxygen atoms in total. The van der Waals surface area contributed by atoms with E-state index in [0.717, 1.165) is 6.07 Å². The number of aliphatic hydroxyl groups is 1. The van der Waals surface area contributed by atoms with E-state index in [1.807, 2.05) is 0 Å². The van der Waals surface area contributed by atoms with Gasteiger partial charge in [-0.25, -0.2) is 0 Å². The minimum atomic E-state index is -0.726. The Labute approximate surface area is 132 Å². The molecular weight excluding hydrogens is 302 g/mol. The summed E-state index contributed by atoms with van der Waals surface area (Å²) < 4.78 is 10.3. The minimum Gasteiger partial charge on any atom is -0.502 e. The molecule has 7 heteroatoms. The molecule has 0 aromatic carbocycles. The maximum Gasteiger partial charge on any atom is 0.306 e. The van der Waals surface area contributed by atoms with Gasteiger partial charge in [-0.3, -0.25) is 14.6 Å². The first-order valence-corrected chi connectivity index (χ1v) is 7.09. The summed E-state index contributed by atoms with van der Waals surface area (Å²) in [5.74, 6) is -1.89. The zero-order chi connectivity index (χ0) is 16.8. The smallest absolute Gasteiger partial charge is 0.306 e. The molecule has 2 N–H and O–H groups in total. The first-order valence-electron chi connectivity index (χ1n) is 7.09. The highest BCUT2D eigenvalue weighted by molar-refractivity contribution is 5.71. The molecule has 23 heavy (non-hydrogen) atoms. The van der Waals surface area contributed by atoms with E-state index in [4.69, 9.17) is 9.15 Å². The van der Waals surface area contributed by atoms with Crippen molar-refractivity contribution in [2.45, 2.75) is 25.9 Å². The molecular formula is C16H17NO6. The summed E-state index contributed by atoms with van der Waals surface area (Å²) >= 11 is 0. The summed E-state index contributed by atoms with van der Waals surface area (Å²) in [6, 6.07) is 4.30. The van der Waals surface area contributed by atoms with Crippen molar-refractivity contribution in [3.63, 3.8) is 0 Å². The lowest BCUT2D eigenvalue weighted by Gasteiger charge is -2.17. The zero-order valence-electron chi connectivity index (χ0n) is 12.6. The molecule has 2 aromatic heterocycles. The monoisotopic (exact) mass is 319 g/mol. The van der Waals surface area contributed by atoms with E-state index in [9.17, 15) is 19.8 Å². The van der Waals surface area contributed by atoms with Crippen molar-refractivity contribution in [1.82, 2.24) is 4.98 Å². The van der Waals surface area contributed by atoms with Crippen molar-refractivity contribution >= 4 is 5.97 Å². The van der Waals surface area contributed by atoms with E-state index in [0.29, 0.717) is 5.56 Å². The molecule has 0 saturated carbocycles. The summed E-state index contributed by atoms with van der Waals surface area (Å²) in [5, 5.41) is 19.2. The Hall–Kier alpha value is -2.67. The van der Waals surface area contributed by atoms with Crippen LogP contribution in [-0.4, -0.2) is 27.8 Å². The Balaban J connectivity index is 2.51. The fraction of sp³-hybridized carbons (Fsp3) is 0.312. The zero-order valence-corrected chi connectivity index (χ0v) is 12.6. The second-order valence-electron chi connectivity index (χ2n) is 4.79. The van der Waals surface area contributed by atoms with Crippen molar-refractivity contribution in [3.8, 4) is 5.75 Å². The summed E-state index contributed by atoms with van der Waals surface area (Å²) in [5.41, 5.74) is -0.0557. The number of ether oxygens (including phenoxy) is 1. The van der Waals surface area contributed by atoms with Crippen molar-refractivity contribution in [3.05, 3.63) is 57.9 Å². The Morgan fingerprint density at radius 1 is 1.39 bits per heavy atom. The quantitative estimate of drug-likeness (QED) is 0.773. The highest BCUT2D eigenvalue weighted by Gasteiger charge is 2.26. The van der Waals surface area contributed by atoms with Crippen LogP contribution < -0.4 is 5.43 Å². The molecule has 0 aliphatic heterocycles. The van der Waals surface area contributed by atoms with Crippen LogP contribution in [0.2, 0.25) is 0 Å². The van der Waals surface area contributed by atoms with Gasteiger partial charge in [-0.05, 0) is 24.6 Å². The highest BCUT2D eigenvalue weighted by atomic mass is 16.5. The van der Waals surface area contributed by atoms with E-state index in [1.165, 1.54) is 12.4 Å². The van der Waals surface area contributed by atoms with E-state index >= 15 is 0 Å². The molecule has 0 fully saturated rings. The standard InChI is InChI=1S/C16H17NO6/c1-2-22-14(20)8-12(10-3-5-17-6-4-10)16-15(21)13(19)7-11(9-18)23-16/h3-7,12,18,21H,2,8-9H2,1H3/t12-/m1/s1. The van der Waals surface area contributed by atoms with E-state index in [-0.39, 0.29) is 24.5 Å². The Kier molecular flexibility index (Phi) is 5.48. The van der Waals surface area contributed by atoms with Gasteiger partial charge in [-0.15, -0.1) is 0 Å². The number of aromatic hydroxyl groups is 1. The normalized spacial score (nSPS) is 11.9. The molecule has 0 bridgehead atoms. The topological polar surface area (TPSA) is 110 Å². The van der Waals surface area contributed by atoms with Gasteiger partial charge in [0.2, 0.25) is 11.2 Å². The third-order valence-corrected chi connectivity index (χ3v) is 3.26. The first-order chi connectivity index (χ1) is 11.1. The maximum absolute atomic E-state index is 11.9. The average molecular weight is 319 g/mol. The largest absolute Gasteiger partial charge is 0.502 e. The van der Waals surface area contributed by atoms with Crippen LogP contribution in [0.1, 0.15) is 36.3 Å². The van der Waals surface area contributed by atoms with Gasteiger partial charge >= 0.3 is 5.97 Å². The molecule has 0 aliphatic carbocycles. The summed E-state index contributed by atoms with van der Waals surface area (Å²) in [7, 11) is 0. The Bertz CT molecular complexity index is 725. The molecule has 2 aromatic rings. The molecule has 0 unspecified atom stereocenters. The van der Waals surface area contributed by atoms with E-state index in [2.05, 4.69) is 4.98 Å². The molecule has 1 atom stereocenters. The van der Waals surface area contributed by atoms with Crippen LogP contribution in [0, 0.1) is 0 Å². The van der Waals surface area contributed by atoms with Crippen LogP contribution >= 0.6 is 0 Å². The lowest BCUT2D eigenvalue weighted by Crippen LogP contribution is -2.15. The number of esters is 1. The number of rotatable bonds is 6. The summed E-state index contributed by atoms with van der Waals surface area (Å²) in [4.78, 5) is 27.6. The second kappa shape index (κ2) is 7.55. The lowest BCUT2D eigenvalue weighted by molar-refractivity contribution is -0.143. The van der Waals surface area contributed by atoms with E-state index in [1.54, 1.807) is 19.1 Å². The van der Waals surface area contributed by atoms with Crippen LogP contribution in [0.25, 0.3) is 0 Å². The van der Waals surface area contributed by atoms with Crippen LogP contribution in [-0.2, 0) is 16.1 Å². The van der Waals surface area contributed by atoms with Crippen molar-refractivity contribution in [2.24, 2.45) is 0 Å². The molecule has 0 amide bonds. The molecule has 2 heterocycles. The van der Waals surface area contributed by atoms with Gasteiger partial charge in [0.15, 0.2) is 5.76 Å². The lowest BCUT2D eigenvalue weighted by atomic mass is 9.93. The minimum absolute atomic E-state index is 0.00529. The number of aliphatic hydroxyl groups excluding tert-OH is 1.